The second-order valence-corrected chi connectivity index (χ2v) is 11.2. The van der Waals surface area contributed by atoms with Crippen LogP contribution in [0.5, 0.6) is 0 Å². The van der Waals surface area contributed by atoms with Gasteiger partial charge in [-0.2, -0.15) is 13.2 Å². The number of alkyl halides is 3. The lowest BCUT2D eigenvalue weighted by Gasteiger charge is -2.22. The minimum absolute atomic E-state index is 0.0391. The SMILES string of the molecule is O=C(O)CCNC(=O)[C@H]1CC[C@@H](N2C(=O)/C(=C/c3cc(-c4ccc(F)c(C(F)(F)F)c4)cs3)SC2=S)C1. The molecule has 2 N–H and O–H groups in total. The summed E-state index contributed by atoms with van der Waals surface area (Å²) >= 11 is 7.76. The van der Waals surface area contributed by atoms with Gasteiger partial charge in [0, 0.05) is 23.4 Å². The molecule has 1 aliphatic heterocycles. The first-order chi connectivity index (χ1) is 17.4. The van der Waals surface area contributed by atoms with Crippen molar-refractivity contribution >= 4 is 63.5 Å². The molecule has 0 radical (unpaired) electrons. The van der Waals surface area contributed by atoms with Crippen LogP contribution in [0, 0.1) is 11.7 Å². The molecule has 1 aromatic heterocycles. The van der Waals surface area contributed by atoms with E-state index >= 15 is 0 Å². The van der Waals surface area contributed by atoms with Crippen LogP contribution in [-0.4, -0.2) is 44.7 Å². The summed E-state index contributed by atoms with van der Waals surface area (Å²) in [6.07, 6.45) is -1.83. The molecule has 1 saturated heterocycles. The van der Waals surface area contributed by atoms with Gasteiger partial charge >= 0.3 is 12.1 Å². The Kier molecular flexibility index (Phi) is 8.05. The first-order valence-electron chi connectivity index (χ1n) is 11.2. The first-order valence-corrected chi connectivity index (χ1v) is 13.3. The first kappa shape index (κ1) is 27.3. The van der Waals surface area contributed by atoms with Gasteiger partial charge in [0.15, 0.2) is 0 Å². The average Bonchev–Trinajstić information content (AvgIpc) is 3.53. The Morgan fingerprint density at radius 2 is 1.97 bits per heavy atom. The Labute approximate surface area is 222 Å². The van der Waals surface area contributed by atoms with Gasteiger partial charge in [-0.3, -0.25) is 19.3 Å². The number of amides is 2. The summed E-state index contributed by atoms with van der Waals surface area (Å²) in [6.45, 7) is 0.0391. The predicted octanol–water partition coefficient (Wildman–Crippen LogP) is 5.53. The van der Waals surface area contributed by atoms with Gasteiger partial charge in [0.25, 0.3) is 5.91 Å². The van der Waals surface area contributed by atoms with Crippen molar-refractivity contribution in [2.75, 3.05) is 6.54 Å². The lowest BCUT2D eigenvalue weighted by molar-refractivity contribution is -0.140. The van der Waals surface area contributed by atoms with E-state index in [0.29, 0.717) is 38.9 Å². The van der Waals surface area contributed by atoms with Gasteiger partial charge in [0.05, 0.1) is 16.9 Å². The normalized spacial score (nSPS) is 21.2. The molecule has 2 aliphatic rings. The van der Waals surface area contributed by atoms with Crippen molar-refractivity contribution in [2.45, 2.75) is 37.9 Å². The molecule has 2 atom stereocenters. The molecular formula is C24H20F4N2O4S3. The standard InChI is InChI=1S/C24H20F4N2O4S3/c25-18-4-2-12(9-17(18)24(26,27)28)14-8-16(36-11-14)10-19-22(34)30(23(35)37-19)15-3-1-13(7-15)21(33)29-6-5-20(31)32/h2,4,8-11,13,15H,1,3,5-7H2,(H,29,33)(H,31,32)/b19-10-/t13-,15+/m0/s1. The van der Waals surface area contributed by atoms with E-state index in [4.69, 9.17) is 17.3 Å². The molecule has 0 spiro atoms. The van der Waals surface area contributed by atoms with Gasteiger partial charge < -0.3 is 10.4 Å². The van der Waals surface area contributed by atoms with E-state index in [-0.39, 0.29) is 42.3 Å². The van der Waals surface area contributed by atoms with Crippen molar-refractivity contribution in [3.8, 4) is 11.1 Å². The van der Waals surface area contributed by atoms with Crippen molar-refractivity contribution in [3.63, 3.8) is 0 Å². The van der Waals surface area contributed by atoms with Crippen LogP contribution in [0.15, 0.2) is 34.6 Å². The summed E-state index contributed by atoms with van der Waals surface area (Å²) in [7, 11) is 0. The molecular weight excluding hydrogens is 552 g/mol. The zero-order valence-electron chi connectivity index (χ0n) is 19.0. The molecule has 2 heterocycles. The lowest BCUT2D eigenvalue weighted by atomic mass is 10.0. The van der Waals surface area contributed by atoms with E-state index in [1.807, 2.05) is 0 Å². The van der Waals surface area contributed by atoms with Gasteiger partial charge in [0.2, 0.25) is 5.91 Å². The number of benzene rings is 1. The molecule has 6 nitrogen and oxygen atoms in total. The minimum Gasteiger partial charge on any atom is -0.481 e. The van der Waals surface area contributed by atoms with Crippen LogP contribution in [0.3, 0.4) is 0 Å². The maximum absolute atomic E-state index is 13.6. The number of rotatable bonds is 7. The van der Waals surface area contributed by atoms with E-state index in [1.165, 1.54) is 22.3 Å². The molecule has 1 aliphatic carbocycles. The van der Waals surface area contributed by atoms with Gasteiger partial charge in [-0.25, -0.2) is 4.39 Å². The van der Waals surface area contributed by atoms with Crippen LogP contribution in [0.1, 0.15) is 36.1 Å². The van der Waals surface area contributed by atoms with E-state index in [0.717, 1.165) is 23.9 Å². The minimum atomic E-state index is -4.81. The van der Waals surface area contributed by atoms with Crippen LogP contribution in [0.25, 0.3) is 17.2 Å². The molecule has 4 rings (SSSR count). The molecule has 2 amide bonds. The molecule has 196 valence electrons. The van der Waals surface area contributed by atoms with Crippen molar-refractivity contribution in [3.05, 3.63) is 50.8 Å². The zero-order chi connectivity index (χ0) is 26.9. The third kappa shape index (κ3) is 6.21. The Hall–Kier alpha value is -2.77. The van der Waals surface area contributed by atoms with Crippen molar-refractivity contribution in [1.29, 1.82) is 0 Å². The number of nitrogens with zero attached hydrogens (tertiary/aromatic N) is 1. The Bertz CT molecular complexity index is 1290. The van der Waals surface area contributed by atoms with E-state index in [2.05, 4.69) is 5.32 Å². The molecule has 13 heteroatoms. The summed E-state index contributed by atoms with van der Waals surface area (Å²) in [6, 6.07) is 4.17. The summed E-state index contributed by atoms with van der Waals surface area (Å²) in [5.41, 5.74) is -0.676. The highest BCUT2D eigenvalue weighted by molar-refractivity contribution is 8.26. The number of halogens is 4. The lowest BCUT2D eigenvalue weighted by Crippen LogP contribution is -2.38. The number of carboxylic acids is 1. The largest absolute Gasteiger partial charge is 0.481 e. The smallest absolute Gasteiger partial charge is 0.419 e. The number of thiocarbonyl (C=S) groups is 1. The molecule has 1 saturated carbocycles. The van der Waals surface area contributed by atoms with Gasteiger partial charge in [0.1, 0.15) is 10.1 Å². The predicted molar refractivity (Wildman–Crippen MR) is 136 cm³/mol. The summed E-state index contributed by atoms with van der Waals surface area (Å²) in [5.74, 6) is -3.24. The molecule has 2 aromatic rings. The van der Waals surface area contributed by atoms with Crippen LogP contribution in [0.4, 0.5) is 17.6 Å². The Balaban J connectivity index is 1.44. The highest BCUT2D eigenvalue weighted by atomic mass is 32.2. The molecule has 0 bridgehead atoms. The van der Waals surface area contributed by atoms with Crippen molar-refractivity contribution in [2.24, 2.45) is 5.92 Å². The van der Waals surface area contributed by atoms with Gasteiger partial charge in [-0.05, 0) is 60.0 Å². The van der Waals surface area contributed by atoms with Crippen LogP contribution >= 0.6 is 35.3 Å². The molecule has 1 aromatic carbocycles. The fourth-order valence-corrected chi connectivity index (χ4v) is 6.61. The van der Waals surface area contributed by atoms with E-state index in [9.17, 15) is 31.9 Å². The van der Waals surface area contributed by atoms with Gasteiger partial charge in [-0.1, -0.05) is 30.0 Å². The van der Waals surface area contributed by atoms with Gasteiger partial charge in [-0.15, -0.1) is 11.3 Å². The number of carboxylic acid groups (broad SMARTS) is 1. The van der Waals surface area contributed by atoms with Crippen LogP contribution in [0.2, 0.25) is 0 Å². The molecule has 0 unspecified atom stereocenters. The number of nitrogens with one attached hydrogen (secondary N) is 1. The highest BCUT2D eigenvalue weighted by Crippen LogP contribution is 2.41. The monoisotopic (exact) mass is 572 g/mol. The number of aliphatic carboxylic acids is 1. The summed E-state index contributed by atoms with van der Waals surface area (Å²) < 4.78 is 53.2. The van der Waals surface area contributed by atoms with Crippen molar-refractivity contribution < 1.29 is 37.1 Å². The Morgan fingerprint density at radius 1 is 1.22 bits per heavy atom. The fourth-order valence-electron chi connectivity index (χ4n) is 4.29. The second-order valence-electron chi connectivity index (χ2n) is 8.58. The number of hydrogen-bond donors (Lipinski definition) is 2. The fraction of sp³-hybridized carbons (Fsp3) is 0.333. The summed E-state index contributed by atoms with van der Waals surface area (Å²) in [4.78, 5) is 38.6. The Morgan fingerprint density at radius 3 is 2.68 bits per heavy atom. The third-order valence-corrected chi connectivity index (χ3v) is 8.31. The maximum Gasteiger partial charge on any atom is 0.419 e. The number of carbonyl (C=O) groups is 3. The average molecular weight is 573 g/mol. The van der Waals surface area contributed by atoms with E-state index < -0.39 is 23.5 Å². The van der Waals surface area contributed by atoms with Crippen molar-refractivity contribution in [1.82, 2.24) is 10.2 Å². The van der Waals surface area contributed by atoms with Crippen LogP contribution < -0.4 is 5.32 Å². The number of hydrogen-bond acceptors (Lipinski definition) is 6. The topological polar surface area (TPSA) is 86.7 Å². The number of thioether (sulfide) groups is 1. The number of carbonyl (C=O) groups excluding carboxylic acids is 2. The summed E-state index contributed by atoms with van der Waals surface area (Å²) in [5, 5.41) is 12.9. The third-order valence-electron chi connectivity index (χ3n) is 6.10. The molecule has 37 heavy (non-hydrogen) atoms. The zero-order valence-corrected chi connectivity index (χ0v) is 21.5. The van der Waals surface area contributed by atoms with E-state index in [1.54, 1.807) is 17.5 Å². The maximum atomic E-state index is 13.6. The highest BCUT2D eigenvalue weighted by Gasteiger charge is 2.42. The second kappa shape index (κ2) is 10.9. The molecule has 2 fully saturated rings. The number of thiophene rings is 1. The van der Waals surface area contributed by atoms with Crippen LogP contribution in [-0.2, 0) is 20.6 Å². The quantitative estimate of drug-likeness (QED) is 0.258.